The molecular formula is C20H26NO3-. The van der Waals surface area contributed by atoms with E-state index in [-0.39, 0.29) is 5.92 Å². The van der Waals surface area contributed by atoms with Crippen LogP contribution in [-0.2, 0) is 10.2 Å². The molecule has 1 saturated carbocycles. The third kappa shape index (κ3) is 2.16. The van der Waals surface area contributed by atoms with E-state index in [9.17, 15) is 15.0 Å². The summed E-state index contributed by atoms with van der Waals surface area (Å²) >= 11 is 0. The molecule has 130 valence electrons. The van der Waals surface area contributed by atoms with Crippen molar-refractivity contribution < 1.29 is 15.0 Å². The van der Waals surface area contributed by atoms with Gasteiger partial charge in [-0.05, 0) is 56.2 Å². The molecule has 1 N–H and O–H groups in total. The van der Waals surface area contributed by atoms with Crippen LogP contribution in [-0.4, -0.2) is 41.2 Å². The second-order valence-corrected chi connectivity index (χ2v) is 7.94. The fourth-order valence-electron chi connectivity index (χ4n) is 5.80. The Morgan fingerprint density at radius 2 is 1.79 bits per heavy atom. The van der Waals surface area contributed by atoms with Crippen LogP contribution in [0.2, 0.25) is 0 Å². The Morgan fingerprint density at radius 1 is 1.17 bits per heavy atom. The second kappa shape index (κ2) is 5.85. The number of piperidine rings is 3. The molecule has 2 atom stereocenters. The zero-order chi connectivity index (χ0) is 16.8. The summed E-state index contributed by atoms with van der Waals surface area (Å²) in [4.78, 5) is 15.1. The first-order chi connectivity index (χ1) is 11.6. The Morgan fingerprint density at radius 3 is 2.29 bits per heavy atom. The summed E-state index contributed by atoms with van der Waals surface area (Å²) in [5.74, 6) is -0.801. The predicted molar refractivity (Wildman–Crippen MR) is 89.2 cm³/mol. The summed E-state index contributed by atoms with van der Waals surface area (Å²) < 4.78 is 0. The molecule has 5 rings (SSSR count). The minimum Gasteiger partial charge on any atom is -0.549 e. The van der Waals surface area contributed by atoms with E-state index in [0.29, 0.717) is 18.8 Å². The molecule has 2 unspecified atom stereocenters. The van der Waals surface area contributed by atoms with Crippen molar-refractivity contribution in [1.82, 2.24) is 4.90 Å². The number of carbonyl (C=O) groups is 1. The topological polar surface area (TPSA) is 63.6 Å². The van der Waals surface area contributed by atoms with Gasteiger partial charge in [-0.1, -0.05) is 43.2 Å². The van der Waals surface area contributed by atoms with E-state index in [1.54, 1.807) is 0 Å². The van der Waals surface area contributed by atoms with Crippen LogP contribution >= 0.6 is 0 Å². The molecule has 4 heteroatoms. The Bertz CT molecular complexity index is 603. The van der Waals surface area contributed by atoms with Gasteiger partial charge in [0.05, 0.1) is 17.0 Å². The van der Waals surface area contributed by atoms with Crippen molar-refractivity contribution in [3.05, 3.63) is 35.9 Å². The van der Waals surface area contributed by atoms with Crippen molar-refractivity contribution in [3.63, 3.8) is 0 Å². The molecule has 1 aliphatic carbocycles. The van der Waals surface area contributed by atoms with Gasteiger partial charge in [0.15, 0.2) is 0 Å². The molecule has 24 heavy (non-hydrogen) atoms. The van der Waals surface area contributed by atoms with Crippen LogP contribution < -0.4 is 5.11 Å². The standard InChI is InChI=1S/C20H27NO3/c22-18(23)20(16-6-2-1-3-7-16,19(24)10-4-5-11-19)17-14-21-12-8-15(17)9-13-21/h1-3,6-7,15,17,24H,4-5,8-14H2,(H,22,23)/p-1. The van der Waals surface area contributed by atoms with Crippen LogP contribution in [0.1, 0.15) is 44.1 Å². The number of rotatable bonds is 4. The van der Waals surface area contributed by atoms with Gasteiger partial charge in [-0.15, -0.1) is 0 Å². The minimum absolute atomic E-state index is 0.0736. The van der Waals surface area contributed by atoms with Gasteiger partial charge in [0, 0.05) is 6.54 Å². The quantitative estimate of drug-likeness (QED) is 0.905. The summed E-state index contributed by atoms with van der Waals surface area (Å²) in [7, 11) is 0. The van der Waals surface area contributed by atoms with Crippen molar-refractivity contribution in [2.45, 2.75) is 49.5 Å². The maximum atomic E-state index is 12.7. The molecule has 0 spiro atoms. The van der Waals surface area contributed by atoms with Crippen LogP contribution in [0, 0.1) is 11.8 Å². The monoisotopic (exact) mass is 328 g/mol. The van der Waals surface area contributed by atoms with E-state index in [1.165, 1.54) is 0 Å². The highest BCUT2D eigenvalue weighted by atomic mass is 16.4. The maximum Gasteiger partial charge on any atom is 0.0799 e. The van der Waals surface area contributed by atoms with Gasteiger partial charge < -0.3 is 19.9 Å². The lowest BCUT2D eigenvalue weighted by Gasteiger charge is -2.58. The number of hydrogen-bond acceptors (Lipinski definition) is 4. The average Bonchev–Trinajstić information content (AvgIpc) is 3.05. The van der Waals surface area contributed by atoms with Crippen LogP contribution in [0.4, 0.5) is 0 Å². The molecule has 2 bridgehead atoms. The summed E-state index contributed by atoms with van der Waals surface area (Å²) in [6.07, 6.45) is 4.95. The summed E-state index contributed by atoms with van der Waals surface area (Å²) in [6.45, 7) is 2.87. The Kier molecular flexibility index (Phi) is 3.92. The van der Waals surface area contributed by atoms with Gasteiger partial charge >= 0.3 is 0 Å². The second-order valence-electron chi connectivity index (χ2n) is 7.94. The molecule has 0 amide bonds. The zero-order valence-corrected chi connectivity index (χ0v) is 14.1. The highest BCUT2D eigenvalue weighted by molar-refractivity contribution is 5.82. The number of fused-ring (bicyclic) bond motifs is 3. The lowest BCUT2D eigenvalue weighted by molar-refractivity contribution is -0.326. The SMILES string of the molecule is O=C([O-])C(c1ccccc1)(C1CN2CCC1CC2)C1(O)CCCC1. The van der Waals surface area contributed by atoms with Crippen LogP contribution in [0.5, 0.6) is 0 Å². The molecule has 1 aromatic carbocycles. The highest BCUT2D eigenvalue weighted by Crippen LogP contribution is 2.54. The third-order valence-electron chi connectivity index (χ3n) is 6.93. The lowest BCUT2D eigenvalue weighted by atomic mass is 9.53. The number of aliphatic hydroxyl groups is 1. The number of benzene rings is 1. The third-order valence-corrected chi connectivity index (χ3v) is 6.93. The van der Waals surface area contributed by atoms with Gasteiger partial charge in [0.1, 0.15) is 0 Å². The van der Waals surface area contributed by atoms with Gasteiger partial charge in [0.25, 0.3) is 0 Å². The molecule has 3 aliphatic heterocycles. The first-order valence-electron chi connectivity index (χ1n) is 9.30. The number of aliphatic carboxylic acids is 1. The van der Waals surface area contributed by atoms with E-state index in [1.807, 2.05) is 30.3 Å². The fraction of sp³-hybridized carbons (Fsp3) is 0.650. The van der Waals surface area contributed by atoms with E-state index in [0.717, 1.165) is 50.9 Å². The Balaban J connectivity index is 1.89. The normalized spacial score (nSPS) is 34.0. The average molecular weight is 328 g/mol. The van der Waals surface area contributed by atoms with Crippen molar-refractivity contribution in [2.75, 3.05) is 19.6 Å². The molecule has 4 nitrogen and oxygen atoms in total. The molecule has 4 aliphatic rings. The zero-order valence-electron chi connectivity index (χ0n) is 14.1. The molecule has 1 aromatic rings. The summed E-state index contributed by atoms with van der Waals surface area (Å²) in [5.41, 5.74) is -1.77. The van der Waals surface area contributed by atoms with Crippen molar-refractivity contribution in [2.24, 2.45) is 11.8 Å². The maximum absolute atomic E-state index is 12.7. The number of carboxylic acid groups (broad SMARTS) is 1. The molecule has 3 heterocycles. The first kappa shape index (κ1) is 16.1. The largest absolute Gasteiger partial charge is 0.549 e. The van der Waals surface area contributed by atoms with Gasteiger partial charge in [-0.25, -0.2) is 0 Å². The van der Waals surface area contributed by atoms with E-state index < -0.39 is 17.0 Å². The summed E-state index contributed by atoms with van der Waals surface area (Å²) in [6, 6.07) is 9.42. The van der Waals surface area contributed by atoms with Crippen LogP contribution in [0.3, 0.4) is 0 Å². The van der Waals surface area contributed by atoms with E-state index >= 15 is 0 Å². The van der Waals surface area contributed by atoms with Crippen LogP contribution in [0.15, 0.2) is 30.3 Å². The molecule has 0 aromatic heterocycles. The number of carbonyl (C=O) groups excluding carboxylic acids is 1. The van der Waals surface area contributed by atoms with Gasteiger partial charge in [-0.2, -0.15) is 0 Å². The molecule has 3 saturated heterocycles. The van der Waals surface area contributed by atoms with Crippen molar-refractivity contribution >= 4 is 5.97 Å². The molecular weight excluding hydrogens is 302 g/mol. The van der Waals surface area contributed by atoms with Crippen molar-refractivity contribution in [3.8, 4) is 0 Å². The van der Waals surface area contributed by atoms with E-state index in [4.69, 9.17) is 0 Å². The lowest BCUT2D eigenvalue weighted by Crippen LogP contribution is -2.69. The Labute approximate surface area is 143 Å². The van der Waals surface area contributed by atoms with E-state index in [2.05, 4.69) is 4.90 Å². The fourth-order valence-corrected chi connectivity index (χ4v) is 5.80. The molecule has 4 fully saturated rings. The highest BCUT2D eigenvalue weighted by Gasteiger charge is 2.60. The van der Waals surface area contributed by atoms with Gasteiger partial charge in [0.2, 0.25) is 0 Å². The number of hydrogen-bond donors (Lipinski definition) is 1. The minimum atomic E-state index is -1.30. The predicted octanol–water partition coefficient (Wildman–Crippen LogP) is 1.32. The van der Waals surface area contributed by atoms with Crippen LogP contribution in [0.25, 0.3) is 0 Å². The first-order valence-corrected chi connectivity index (χ1v) is 9.30. The molecule has 0 radical (unpaired) electrons. The van der Waals surface area contributed by atoms with Crippen molar-refractivity contribution in [1.29, 1.82) is 0 Å². The summed E-state index contributed by atoms with van der Waals surface area (Å²) in [5, 5.41) is 24.3. The number of nitrogens with zero attached hydrogens (tertiary/aromatic N) is 1. The smallest absolute Gasteiger partial charge is 0.0799 e. The Hall–Kier alpha value is -1.39. The number of carboxylic acids is 1. The van der Waals surface area contributed by atoms with Gasteiger partial charge in [-0.3, -0.25) is 0 Å².